The molecule has 1 aliphatic rings. The van der Waals surface area contributed by atoms with Gasteiger partial charge in [0.2, 0.25) is 0 Å². The first-order valence-corrected chi connectivity index (χ1v) is 4.74. The fraction of sp³-hybridized carbons (Fsp3) is 0.455. The van der Waals surface area contributed by atoms with E-state index in [2.05, 4.69) is 0 Å². The minimum Gasteiger partial charge on any atom is -0.493 e. The minimum absolute atomic E-state index is 0.178. The first kappa shape index (κ1) is 10.1. The van der Waals surface area contributed by atoms with Crippen LogP contribution in [0.3, 0.4) is 0 Å². The largest absolute Gasteiger partial charge is 0.493 e. The molecule has 0 amide bonds. The SMILES string of the molecule is CC.OC[C@@H]1COc2ccccc21. The predicted octanol–water partition coefficient (Wildman–Crippen LogP) is 2.18. The van der Waals surface area contributed by atoms with Crippen LogP contribution in [0.5, 0.6) is 5.75 Å². The molecule has 0 aromatic heterocycles. The number of hydrogen-bond donors (Lipinski definition) is 1. The van der Waals surface area contributed by atoms with E-state index in [0.29, 0.717) is 6.61 Å². The third kappa shape index (κ3) is 2.01. The van der Waals surface area contributed by atoms with E-state index in [-0.39, 0.29) is 12.5 Å². The van der Waals surface area contributed by atoms with Crippen LogP contribution in [-0.4, -0.2) is 18.3 Å². The van der Waals surface area contributed by atoms with Gasteiger partial charge in [0.25, 0.3) is 0 Å². The van der Waals surface area contributed by atoms with Crippen molar-refractivity contribution in [1.82, 2.24) is 0 Å². The first-order chi connectivity index (χ1) is 6.42. The summed E-state index contributed by atoms with van der Waals surface area (Å²) in [5.74, 6) is 1.11. The van der Waals surface area contributed by atoms with Crippen molar-refractivity contribution >= 4 is 0 Å². The van der Waals surface area contributed by atoms with Crippen molar-refractivity contribution in [3.05, 3.63) is 29.8 Å². The number of para-hydroxylation sites is 1. The predicted molar refractivity (Wildman–Crippen MR) is 53.1 cm³/mol. The van der Waals surface area contributed by atoms with Crippen LogP contribution in [0.2, 0.25) is 0 Å². The molecule has 0 unspecified atom stereocenters. The lowest BCUT2D eigenvalue weighted by Gasteiger charge is -2.01. The number of rotatable bonds is 1. The zero-order valence-electron chi connectivity index (χ0n) is 8.16. The second kappa shape index (κ2) is 4.87. The van der Waals surface area contributed by atoms with E-state index in [0.717, 1.165) is 11.3 Å². The van der Waals surface area contributed by atoms with E-state index < -0.39 is 0 Å². The molecule has 2 rings (SSSR count). The average molecular weight is 180 g/mol. The summed E-state index contributed by atoms with van der Waals surface area (Å²) in [5, 5.41) is 8.93. The monoisotopic (exact) mass is 180 g/mol. The normalized spacial score (nSPS) is 18.2. The third-order valence-corrected chi connectivity index (χ3v) is 2.02. The lowest BCUT2D eigenvalue weighted by molar-refractivity contribution is 0.232. The zero-order chi connectivity index (χ0) is 9.68. The maximum atomic E-state index is 8.93. The van der Waals surface area contributed by atoms with E-state index in [4.69, 9.17) is 9.84 Å². The molecule has 1 aromatic carbocycles. The molecule has 2 heteroatoms. The van der Waals surface area contributed by atoms with Crippen LogP contribution in [-0.2, 0) is 0 Å². The van der Waals surface area contributed by atoms with Crippen molar-refractivity contribution in [2.75, 3.05) is 13.2 Å². The molecule has 0 spiro atoms. The summed E-state index contributed by atoms with van der Waals surface area (Å²) < 4.78 is 5.34. The Kier molecular flexibility index (Phi) is 3.77. The Morgan fingerprint density at radius 1 is 1.38 bits per heavy atom. The highest BCUT2D eigenvalue weighted by Gasteiger charge is 2.21. The molecule has 0 saturated heterocycles. The van der Waals surface area contributed by atoms with Crippen molar-refractivity contribution in [3.63, 3.8) is 0 Å². The number of fused-ring (bicyclic) bond motifs is 1. The van der Waals surface area contributed by atoms with E-state index in [9.17, 15) is 0 Å². The molecule has 1 atom stereocenters. The molecular formula is C11H16O2. The lowest BCUT2D eigenvalue weighted by atomic mass is 10.0. The highest BCUT2D eigenvalue weighted by Crippen LogP contribution is 2.32. The Bertz CT molecular complexity index is 258. The van der Waals surface area contributed by atoms with Gasteiger partial charge in [0, 0.05) is 11.5 Å². The van der Waals surface area contributed by atoms with Crippen molar-refractivity contribution in [2.45, 2.75) is 19.8 Å². The fourth-order valence-electron chi connectivity index (χ4n) is 1.38. The zero-order valence-corrected chi connectivity index (χ0v) is 8.16. The average Bonchev–Trinajstić information content (AvgIpc) is 2.64. The second-order valence-corrected chi connectivity index (χ2v) is 2.73. The highest BCUT2D eigenvalue weighted by atomic mass is 16.5. The molecule has 72 valence electrons. The fourth-order valence-corrected chi connectivity index (χ4v) is 1.38. The van der Waals surface area contributed by atoms with E-state index >= 15 is 0 Å². The van der Waals surface area contributed by atoms with E-state index in [1.807, 2.05) is 38.1 Å². The van der Waals surface area contributed by atoms with Gasteiger partial charge in [-0.3, -0.25) is 0 Å². The number of hydrogen-bond acceptors (Lipinski definition) is 2. The van der Waals surface area contributed by atoms with E-state index in [1.165, 1.54) is 0 Å². The molecule has 1 aliphatic heterocycles. The van der Waals surface area contributed by atoms with Crippen LogP contribution in [0.25, 0.3) is 0 Å². The Labute approximate surface area is 79.2 Å². The third-order valence-electron chi connectivity index (χ3n) is 2.02. The minimum atomic E-state index is 0.178. The summed E-state index contributed by atoms with van der Waals surface area (Å²) in [6.45, 7) is 4.80. The number of aliphatic hydroxyl groups is 1. The first-order valence-electron chi connectivity index (χ1n) is 4.74. The van der Waals surface area contributed by atoms with Crippen molar-refractivity contribution in [3.8, 4) is 5.75 Å². The van der Waals surface area contributed by atoms with Crippen LogP contribution in [0.4, 0.5) is 0 Å². The smallest absolute Gasteiger partial charge is 0.123 e. The standard InChI is InChI=1S/C9H10O2.C2H6/c10-5-7-6-11-9-4-2-1-3-8(7)9;1-2/h1-4,7,10H,5-6H2;1-2H3/t7-;/m1./s1. The van der Waals surface area contributed by atoms with Gasteiger partial charge in [0.15, 0.2) is 0 Å². The van der Waals surface area contributed by atoms with Crippen molar-refractivity contribution in [2.24, 2.45) is 0 Å². The lowest BCUT2D eigenvalue weighted by Crippen LogP contribution is -2.04. The Hall–Kier alpha value is -1.02. The summed E-state index contributed by atoms with van der Waals surface area (Å²) >= 11 is 0. The Morgan fingerprint density at radius 2 is 2.08 bits per heavy atom. The van der Waals surface area contributed by atoms with Crippen LogP contribution < -0.4 is 4.74 Å². The van der Waals surface area contributed by atoms with Crippen molar-refractivity contribution < 1.29 is 9.84 Å². The maximum Gasteiger partial charge on any atom is 0.123 e. The van der Waals surface area contributed by atoms with Crippen LogP contribution in [0, 0.1) is 0 Å². The molecule has 0 fully saturated rings. The number of aliphatic hydroxyl groups excluding tert-OH is 1. The molecule has 2 nitrogen and oxygen atoms in total. The summed E-state index contributed by atoms with van der Waals surface area (Å²) in [6, 6.07) is 7.85. The quantitative estimate of drug-likeness (QED) is 0.717. The number of ether oxygens (including phenoxy) is 1. The van der Waals surface area contributed by atoms with Gasteiger partial charge in [-0.2, -0.15) is 0 Å². The van der Waals surface area contributed by atoms with Gasteiger partial charge >= 0.3 is 0 Å². The summed E-state index contributed by atoms with van der Waals surface area (Å²) in [4.78, 5) is 0. The molecule has 0 aliphatic carbocycles. The molecule has 1 aromatic rings. The molecular weight excluding hydrogens is 164 g/mol. The van der Waals surface area contributed by atoms with Crippen LogP contribution >= 0.6 is 0 Å². The molecule has 0 radical (unpaired) electrons. The van der Waals surface area contributed by atoms with Gasteiger partial charge in [-0.25, -0.2) is 0 Å². The van der Waals surface area contributed by atoms with E-state index in [1.54, 1.807) is 0 Å². The molecule has 0 saturated carbocycles. The van der Waals surface area contributed by atoms with Gasteiger partial charge in [0.05, 0.1) is 13.2 Å². The van der Waals surface area contributed by atoms with Gasteiger partial charge in [-0.1, -0.05) is 32.0 Å². The van der Waals surface area contributed by atoms with Gasteiger partial charge in [0.1, 0.15) is 5.75 Å². The molecule has 13 heavy (non-hydrogen) atoms. The van der Waals surface area contributed by atoms with Gasteiger partial charge in [-0.15, -0.1) is 0 Å². The van der Waals surface area contributed by atoms with Gasteiger partial charge < -0.3 is 9.84 Å². The summed E-state index contributed by atoms with van der Waals surface area (Å²) in [7, 11) is 0. The molecule has 1 heterocycles. The summed E-state index contributed by atoms with van der Waals surface area (Å²) in [6.07, 6.45) is 0. The Balaban J connectivity index is 0.000000396. The summed E-state index contributed by atoms with van der Waals surface area (Å²) in [5.41, 5.74) is 1.13. The number of benzene rings is 1. The topological polar surface area (TPSA) is 29.5 Å². The highest BCUT2D eigenvalue weighted by molar-refractivity contribution is 5.39. The Morgan fingerprint density at radius 3 is 2.77 bits per heavy atom. The second-order valence-electron chi connectivity index (χ2n) is 2.73. The van der Waals surface area contributed by atoms with Gasteiger partial charge in [-0.05, 0) is 6.07 Å². The molecule has 1 N–H and O–H groups in total. The maximum absolute atomic E-state index is 8.93. The van der Waals surface area contributed by atoms with Crippen LogP contribution in [0.15, 0.2) is 24.3 Å². The molecule has 0 bridgehead atoms. The van der Waals surface area contributed by atoms with Crippen LogP contribution in [0.1, 0.15) is 25.3 Å². The van der Waals surface area contributed by atoms with Crippen molar-refractivity contribution in [1.29, 1.82) is 0 Å².